The second kappa shape index (κ2) is 5.04. The lowest BCUT2D eigenvalue weighted by Gasteiger charge is -2.42. The number of likely N-dealkylation sites (N-methyl/N-ethyl adjacent to an activating group) is 1. The number of nitrogens with two attached hydrogens (primary N) is 1. The number of nitrogens with zero attached hydrogens (tertiary/aromatic N) is 2. The van der Waals surface area contributed by atoms with E-state index in [0.717, 1.165) is 6.42 Å². The van der Waals surface area contributed by atoms with Crippen molar-refractivity contribution in [1.82, 2.24) is 9.80 Å². The highest BCUT2D eigenvalue weighted by molar-refractivity contribution is 5.83. The minimum atomic E-state index is -0.0914. The molecule has 1 heterocycles. The van der Waals surface area contributed by atoms with Crippen LogP contribution in [0.4, 0.5) is 0 Å². The number of carbonyl (C=O) groups is 2. The van der Waals surface area contributed by atoms with Gasteiger partial charge in [0.1, 0.15) is 0 Å². The van der Waals surface area contributed by atoms with Gasteiger partial charge in [0.2, 0.25) is 11.8 Å². The summed E-state index contributed by atoms with van der Waals surface area (Å²) in [5.41, 5.74) is 5.97. The van der Waals surface area contributed by atoms with E-state index in [1.807, 2.05) is 4.90 Å². The molecule has 0 bridgehead atoms. The first-order chi connectivity index (χ1) is 7.74. The molecule has 1 aliphatic rings. The summed E-state index contributed by atoms with van der Waals surface area (Å²) in [4.78, 5) is 26.3. The molecule has 1 fully saturated rings. The Morgan fingerprint density at radius 2 is 2.06 bits per heavy atom. The summed E-state index contributed by atoms with van der Waals surface area (Å²) in [7, 11) is 1.64. The van der Waals surface area contributed by atoms with E-state index in [1.54, 1.807) is 7.05 Å². The van der Waals surface area contributed by atoms with Crippen LogP contribution in [-0.2, 0) is 9.59 Å². The van der Waals surface area contributed by atoms with Crippen molar-refractivity contribution < 1.29 is 9.59 Å². The monoisotopic (exact) mass is 241 g/mol. The maximum absolute atomic E-state index is 12.0. The van der Waals surface area contributed by atoms with Gasteiger partial charge in [-0.2, -0.15) is 0 Å². The zero-order chi connectivity index (χ0) is 13.2. The van der Waals surface area contributed by atoms with Crippen LogP contribution in [0.5, 0.6) is 0 Å². The van der Waals surface area contributed by atoms with Gasteiger partial charge in [-0.15, -0.1) is 0 Å². The molecule has 2 N–H and O–H groups in total. The van der Waals surface area contributed by atoms with Crippen LogP contribution in [0.2, 0.25) is 0 Å². The summed E-state index contributed by atoms with van der Waals surface area (Å²) >= 11 is 0. The molecule has 5 heteroatoms. The summed E-state index contributed by atoms with van der Waals surface area (Å²) in [5.74, 6) is -0.0889. The number of amides is 2. The van der Waals surface area contributed by atoms with Crippen LogP contribution < -0.4 is 5.73 Å². The maximum Gasteiger partial charge on any atom is 0.242 e. The first kappa shape index (κ1) is 14.0. The van der Waals surface area contributed by atoms with Crippen LogP contribution in [0.1, 0.15) is 27.2 Å². The van der Waals surface area contributed by atoms with Gasteiger partial charge in [0.25, 0.3) is 0 Å². The summed E-state index contributed by atoms with van der Waals surface area (Å²) in [6.07, 6.45) is 0.822. The highest BCUT2D eigenvalue weighted by Crippen LogP contribution is 2.27. The number of carbonyl (C=O) groups excluding carboxylic acids is 2. The molecule has 0 radical (unpaired) electrons. The molecule has 1 rings (SSSR count). The van der Waals surface area contributed by atoms with Crippen molar-refractivity contribution in [2.75, 3.05) is 26.7 Å². The van der Waals surface area contributed by atoms with Crippen LogP contribution in [0, 0.1) is 5.41 Å². The molecule has 1 atom stereocenters. The van der Waals surface area contributed by atoms with Crippen LogP contribution in [0.25, 0.3) is 0 Å². The van der Waals surface area contributed by atoms with E-state index >= 15 is 0 Å². The Morgan fingerprint density at radius 3 is 2.53 bits per heavy atom. The van der Waals surface area contributed by atoms with Crippen molar-refractivity contribution in [3.8, 4) is 0 Å². The Morgan fingerprint density at radius 1 is 1.47 bits per heavy atom. The topological polar surface area (TPSA) is 66.6 Å². The quantitative estimate of drug-likeness (QED) is 0.743. The fraction of sp³-hybridized carbons (Fsp3) is 0.833. The molecular formula is C12H23N3O2. The van der Waals surface area contributed by atoms with Gasteiger partial charge in [-0.1, -0.05) is 13.8 Å². The fourth-order valence-corrected chi connectivity index (χ4v) is 2.00. The first-order valence-electron chi connectivity index (χ1n) is 5.99. The Labute approximate surface area is 103 Å². The van der Waals surface area contributed by atoms with E-state index in [0.29, 0.717) is 13.1 Å². The number of hydrogen-bond donors (Lipinski definition) is 1. The van der Waals surface area contributed by atoms with Crippen molar-refractivity contribution >= 4 is 11.8 Å². The first-order valence-corrected chi connectivity index (χ1v) is 5.99. The third-order valence-electron chi connectivity index (χ3n) is 3.57. The number of piperidine rings is 1. The molecule has 1 saturated heterocycles. The largest absolute Gasteiger partial charge is 0.341 e. The second-order valence-corrected chi connectivity index (χ2v) is 5.57. The molecule has 5 nitrogen and oxygen atoms in total. The third-order valence-corrected chi connectivity index (χ3v) is 3.57. The molecule has 1 unspecified atom stereocenters. The highest BCUT2D eigenvalue weighted by Gasteiger charge is 2.35. The zero-order valence-corrected chi connectivity index (χ0v) is 11.2. The maximum atomic E-state index is 12.0. The lowest BCUT2D eigenvalue weighted by Crippen LogP contribution is -2.55. The molecule has 1 aliphatic heterocycles. The molecule has 2 amide bonds. The van der Waals surface area contributed by atoms with Crippen molar-refractivity contribution in [1.29, 1.82) is 0 Å². The number of rotatable bonds is 2. The molecule has 17 heavy (non-hydrogen) atoms. The normalized spacial score (nSPS) is 23.4. The van der Waals surface area contributed by atoms with Gasteiger partial charge >= 0.3 is 0 Å². The molecule has 0 aromatic rings. The highest BCUT2D eigenvalue weighted by atomic mass is 16.2. The Kier molecular flexibility index (Phi) is 4.14. The standard InChI is InChI=1S/C12H23N3O2/c1-9(16)14(4)7-11(17)15-6-5-10(13)12(2,3)8-15/h10H,5-8,13H2,1-4H3. The molecule has 0 saturated carbocycles. The van der Waals surface area contributed by atoms with Crippen molar-refractivity contribution in [2.45, 2.75) is 33.2 Å². The summed E-state index contributed by atoms with van der Waals surface area (Å²) in [6, 6.07) is 0.136. The predicted octanol–water partition coefficient (Wildman–Crippen LogP) is 0.0505. The molecule has 0 aromatic heterocycles. The van der Waals surface area contributed by atoms with Gasteiger partial charge in [-0.05, 0) is 11.8 Å². The van der Waals surface area contributed by atoms with Gasteiger partial charge in [0, 0.05) is 33.1 Å². The van der Waals surface area contributed by atoms with E-state index in [1.165, 1.54) is 11.8 Å². The average molecular weight is 241 g/mol. The summed E-state index contributed by atoms with van der Waals surface area (Å²) in [6.45, 7) is 7.12. The van der Waals surface area contributed by atoms with E-state index in [-0.39, 0.29) is 29.8 Å². The average Bonchev–Trinajstić information content (AvgIpc) is 2.21. The van der Waals surface area contributed by atoms with E-state index < -0.39 is 0 Å². The van der Waals surface area contributed by atoms with E-state index in [9.17, 15) is 9.59 Å². The molecule has 0 aromatic carbocycles. The lowest BCUT2D eigenvalue weighted by atomic mass is 9.79. The van der Waals surface area contributed by atoms with Gasteiger partial charge in [-0.25, -0.2) is 0 Å². The van der Waals surface area contributed by atoms with Crippen LogP contribution >= 0.6 is 0 Å². The molecule has 98 valence electrons. The van der Waals surface area contributed by atoms with Crippen LogP contribution in [0.3, 0.4) is 0 Å². The minimum Gasteiger partial charge on any atom is -0.341 e. The van der Waals surface area contributed by atoms with Crippen molar-refractivity contribution in [2.24, 2.45) is 11.1 Å². The Hall–Kier alpha value is -1.10. The molecule has 0 spiro atoms. The van der Waals surface area contributed by atoms with Crippen molar-refractivity contribution in [3.05, 3.63) is 0 Å². The second-order valence-electron chi connectivity index (χ2n) is 5.57. The Bertz CT molecular complexity index is 315. The minimum absolute atomic E-state index is 0.00248. The Balaban J connectivity index is 2.57. The molecular weight excluding hydrogens is 218 g/mol. The SMILES string of the molecule is CC(=O)N(C)CC(=O)N1CCC(N)C(C)(C)C1. The van der Waals surface area contributed by atoms with Crippen LogP contribution in [-0.4, -0.2) is 54.3 Å². The zero-order valence-electron chi connectivity index (χ0n) is 11.2. The number of likely N-dealkylation sites (tertiary alicyclic amines) is 1. The van der Waals surface area contributed by atoms with E-state index in [2.05, 4.69) is 13.8 Å². The van der Waals surface area contributed by atoms with Gasteiger partial charge in [0.05, 0.1) is 6.54 Å². The fourth-order valence-electron chi connectivity index (χ4n) is 2.00. The number of hydrogen-bond acceptors (Lipinski definition) is 3. The predicted molar refractivity (Wildman–Crippen MR) is 66.3 cm³/mol. The molecule has 0 aliphatic carbocycles. The van der Waals surface area contributed by atoms with Gasteiger partial charge < -0.3 is 15.5 Å². The van der Waals surface area contributed by atoms with Gasteiger partial charge in [0.15, 0.2) is 0 Å². The third kappa shape index (κ3) is 3.43. The van der Waals surface area contributed by atoms with Crippen molar-refractivity contribution in [3.63, 3.8) is 0 Å². The van der Waals surface area contributed by atoms with Gasteiger partial charge in [-0.3, -0.25) is 9.59 Å². The smallest absolute Gasteiger partial charge is 0.242 e. The summed E-state index contributed by atoms with van der Waals surface area (Å²) in [5, 5.41) is 0. The van der Waals surface area contributed by atoms with E-state index in [4.69, 9.17) is 5.73 Å². The lowest BCUT2D eigenvalue weighted by molar-refractivity contribution is -0.140. The van der Waals surface area contributed by atoms with Crippen LogP contribution in [0.15, 0.2) is 0 Å². The summed E-state index contributed by atoms with van der Waals surface area (Å²) < 4.78 is 0.